The molecule has 2 N–H and O–H groups in total. The molecule has 0 radical (unpaired) electrons. The lowest BCUT2D eigenvalue weighted by molar-refractivity contribution is 0.0170. The number of benzene rings is 1. The molecule has 7 heteroatoms. The first-order valence-corrected chi connectivity index (χ1v) is 9.10. The van der Waals surface area contributed by atoms with Crippen LogP contribution in [0.15, 0.2) is 29.3 Å². The molecule has 1 saturated heterocycles. The third kappa shape index (κ3) is 5.70. The molecular weight excluding hydrogens is 451 g/mol. The predicted octanol–water partition coefficient (Wildman–Crippen LogP) is 2.90. The van der Waals surface area contributed by atoms with Gasteiger partial charge >= 0.3 is 0 Å². The average molecular weight is 479 g/mol. The van der Waals surface area contributed by atoms with Crippen LogP contribution in [0.3, 0.4) is 0 Å². The third-order valence-electron chi connectivity index (χ3n) is 4.87. The van der Waals surface area contributed by atoms with Crippen LogP contribution in [-0.4, -0.2) is 56.8 Å². The summed E-state index contributed by atoms with van der Waals surface area (Å²) < 4.78 is 5.50. The molecule has 2 aliphatic rings. The zero-order chi connectivity index (χ0) is 16.9. The highest BCUT2D eigenvalue weighted by Gasteiger charge is 2.33. The Morgan fingerprint density at radius 2 is 2.04 bits per heavy atom. The van der Waals surface area contributed by atoms with Crippen LogP contribution in [0.25, 0.3) is 0 Å². The van der Waals surface area contributed by atoms with Crippen LogP contribution in [0.2, 0.25) is 5.02 Å². The normalized spacial score (nSPS) is 25.0. The van der Waals surface area contributed by atoms with Gasteiger partial charge in [-0.25, -0.2) is 0 Å². The summed E-state index contributed by atoms with van der Waals surface area (Å²) in [5.41, 5.74) is 1.16. The van der Waals surface area contributed by atoms with Crippen molar-refractivity contribution in [3.63, 3.8) is 0 Å². The minimum Gasteiger partial charge on any atom is -0.379 e. The number of ether oxygens (including phenoxy) is 1. The smallest absolute Gasteiger partial charge is 0.191 e. The van der Waals surface area contributed by atoms with Crippen molar-refractivity contribution < 1.29 is 4.74 Å². The second-order valence-electron chi connectivity index (χ2n) is 6.60. The van der Waals surface area contributed by atoms with Gasteiger partial charge < -0.3 is 15.4 Å². The molecule has 1 saturated carbocycles. The molecule has 1 aromatic rings. The Bertz CT molecular complexity index is 580. The SMILES string of the molecule is CN=C(NCC(c1ccccc1Cl)N1CCOCC1)NC1CC1C.I. The first-order chi connectivity index (χ1) is 11.7. The molecule has 0 spiro atoms. The van der Waals surface area contributed by atoms with Crippen LogP contribution in [0.4, 0.5) is 0 Å². The topological polar surface area (TPSA) is 48.9 Å². The van der Waals surface area contributed by atoms with Gasteiger partial charge in [-0.2, -0.15) is 0 Å². The molecule has 140 valence electrons. The van der Waals surface area contributed by atoms with Crippen molar-refractivity contribution in [2.75, 3.05) is 39.9 Å². The Morgan fingerprint density at radius 3 is 2.64 bits per heavy atom. The number of rotatable bonds is 5. The van der Waals surface area contributed by atoms with Gasteiger partial charge in [0, 0.05) is 37.7 Å². The van der Waals surface area contributed by atoms with E-state index in [-0.39, 0.29) is 30.0 Å². The maximum absolute atomic E-state index is 6.47. The zero-order valence-corrected chi connectivity index (χ0v) is 18.0. The molecule has 3 atom stereocenters. The van der Waals surface area contributed by atoms with Crippen molar-refractivity contribution in [1.29, 1.82) is 0 Å². The average Bonchev–Trinajstić information content (AvgIpc) is 3.31. The first kappa shape index (κ1) is 20.7. The minimum atomic E-state index is 0. The van der Waals surface area contributed by atoms with Gasteiger partial charge in [0.05, 0.1) is 19.3 Å². The predicted molar refractivity (Wildman–Crippen MR) is 114 cm³/mol. The molecule has 1 aliphatic carbocycles. The fraction of sp³-hybridized carbons (Fsp3) is 0.611. The summed E-state index contributed by atoms with van der Waals surface area (Å²) in [6, 6.07) is 8.86. The molecular formula is C18H28ClIN4O. The number of hydrogen-bond donors (Lipinski definition) is 2. The van der Waals surface area contributed by atoms with E-state index in [1.165, 1.54) is 6.42 Å². The van der Waals surface area contributed by atoms with Crippen LogP contribution in [0.1, 0.15) is 24.9 Å². The van der Waals surface area contributed by atoms with Gasteiger partial charge in [-0.3, -0.25) is 9.89 Å². The molecule has 0 bridgehead atoms. The number of nitrogens with zero attached hydrogens (tertiary/aromatic N) is 2. The van der Waals surface area contributed by atoms with Crippen LogP contribution in [0, 0.1) is 5.92 Å². The highest BCUT2D eigenvalue weighted by atomic mass is 127. The largest absolute Gasteiger partial charge is 0.379 e. The summed E-state index contributed by atoms with van der Waals surface area (Å²) in [4.78, 5) is 6.79. The second kappa shape index (κ2) is 9.94. The highest BCUT2D eigenvalue weighted by Crippen LogP contribution is 2.29. The standard InChI is InChI=1S/C18H27ClN4O.HI/c1-13-11-16(13)22-18(20-2)21-12-17(23-7-9-24-10-8-23)14-5-3-4-6-15(14)19;/h3-6,13,16-17H,7-12H2,1-2H3,(H2,20,21,22);1H. The van der Waals surface area contributed by atoms with Gasteiger partial charge in [0.25, 0.3) is 0 Å². The molecule has 1 aliphatic heterocycles. The summed E-state index contributed by atoms with van der Waals surface area (Å²) in [6.07, 6.45) is 1.22. The second-order valence-corrected chi connectivity index (χ2v) is 7.01. The molecule has 1 heterocycles. The maximum Gasteiger partial charge on any atom is 0.191 e. The minimum absolute atomic E-state index is 0. The molecule has 5 nitrogen and oxygen atoms in total. The van der Waals surface area contributed by atoms with Crippen LogP contribution in [0.5, 0.6) is 0 Å². The zero-order valence-electron chi connectivity index (χ0n) is 14.9. The van der Waals surface area contributed by atoms with Crippen molar-refractivity contribution >= 4 is 41.5 Å². The number of nitrogens with one attached hydrogen (secondary N) is 2. The van der Waals surface area contributed by atoms with Gasteiger partial charge in [0.15, 0.2) is 5.96 Å². The van der Waals surface area contributed by atoms with Crippen LogP contribution < -0.4 is 10.6 Å². The van der Waals surface area contributed by atoms with E-state index < -0.39 is 0 Å². The highest BCUT2D eigenvalue weighted by molar-refractivity contribution is 14.0. The number of hydrogen-bond acceptors (Lipinski definition) is 3. The van der Waals surface area contributed by atoms with E-state index in [1.54, 1.807) is 0 Å². The van der Waals surface area contributed by atoms with Crippen LogP contribution in [-0.2, 0) is 4.74 Å². The lowest BCUT2D eigenvalue weighted by Gasteiger charge is -2.35. The molecule has 0 amide bonds. The number of morpholine rings is 1. The molecule has 3 rings (SSSR count). The van der Waals surface area contributed by atoms with E-state index in [4.69, 9.17) is 16.3 Å². The van der Waals surface area contributed by atoms with Gasteiger partial charge in [-0.1, -0.05) is 36.7 Å². The summed E-state index contributed by atoms with van der Waals surface area (Å²) in [7, 11) is 1.82. The fourth-order valence-corrected chi connectivity index (χ4v) is 3.42. The summed E-state index contributed by atoms with van der Waals surface area (Å²) >= 11 is 6.47. The Labute approximate surface area is 172 Å². The third-order valence-corrected chi connectivity index (χ3v) is 5.21. The van der Waals surface area contributed by atoms with Crippen LogP contribution >= 0.6 is 35.6 Å². The van der Waals surface area contributed by atoms with Crippen molar-refractivity contribution in [1.82, 2.24) is 15.5 Å². The van der Waals surface area contributed by atoms with Crippen molar-refractivity contribution in [2.24, 2.45) is 10.9 Å². The Kier molecular flexibility index (Phi) is 8.25. The monoisotopic (exact) mass is 478 g/mol. The van der Waals surface area contributed by atoms with Crippen molar-refractivity contribution in [3.8, 4) is 0 Å². The lowest BCUT2D eigenvalue weighted by atomic mass is 10.0. The van der Waals surface area contributed by atoms with E-state index in [1.807, 2.05) is 25.2 Å². The Hall–Kier alpha value is -0.570. The van der Waals surface area contributed by atoms with Crippen molar-refractivity contribution in [3.05, 3.63) is 34.9 Å². The Balaban J connectivity index is 0.00000225. The van der Waals surface area contributed by atoms with E-state index in [9.17, 15) is 0 Å². The fourth-order valence-electron chi connectivity index (χ4n) is 3.16. The number of guanidine groups is 1. The quantitative estimate of drug-likeness (QED) is 0.388. The van der Waals surface area contributed by atoms with E-state index in [2.05, 4.69) is 33.5 Å². The Morgan fingerprint density at radius 1 is 1.36 bits per heavy atom. The van der Waals surface area contributed by atoms with E-state index in [0.29, 0.717) is 6.04 Å². The lowest BCUT2D eigenvalue weighted by Crippen LogP contribution is -2.46. The number of aliphatic imine (C=N–C) groups is 1. The molecule has 25 heavy (non-hydrogen) atoms. The van der Waals surface area contributed by atoms with E-state index >= 15 is 0 Å². The van der Waals surface area contributed by atoms with Gasteiger partial charge in [0.2, 0.25) is 0 Å². The molecule has 2 fully saturated rings. The molecule has 3 unspecified atom stereocenters. The van der Waals surface area contributed by atoms with E-state index in [0.717, 1.165) is 55.3 Å². The van der Waals surface area contributed by atoms with Crippen molar-refractivity contribution in [2.45, 2.75) is 25.4 Å². The van der Waals surface area contributed by atoms with Gasteiger partial charge in [-0.05, 0) is 24.0 Å². The summed E-state index contributed by atoms with van der Waals surface area (Å²) in [5, 5.41) is 7.77. The summed E-state index contributed by atoms with van der Waals surface area (Å²) in [5.74, 6) is 1.61. The summed E-state index contributed by atoms with van der Waals surface area (Å²) in [6.45, 7) is 6.41. The molecule has 0 aromatic heterocycles. The number of halogens is 2. The van der Waals surface area contributed by atoms with Gasteiger partial charge in [0.1, 0.15) is 0 Å². The molecule has 1 aromatic carbocycles. The first-order valence-electron chi connectivity index (χ1n) is 8.72. The maximum atomic E-state index is 6.47. The van der Waals surface area contributed by atoms with Gasteiger partial charge in [-0.15, -0.1) is 24.0 Å².